The van der Waals surface area contributed by atoms with Gasteiger partial charge in [0.2, 0.25) is 5.91 Å². The third kappa shape index (κ3) is 35.4. The van der Waals surface area contributed by atoms with Crippen LogP contribution < -0.4 is 5.32 Å². The van der Waals surface area contributed by atoms with E-state index in [9.17, 15) is 19.4 Å². The lowest BCUT2D eigenvalue weighted by Crippen LogP contribution is -2.46. The monoisotopic (exact) mass is 730 g/mol. The van der Waals surface area contributed by atoms with Crippen LogP contribution in [0, 0.1) is 0 Å². The van der Waals surface area contributed by atoms with Crippen molar-refractivity contribution in [3.63, 3.8) is 0 Å². The molecule has 0 bridgehead atoms. The number of nitrogens with one attached hydrogen (secondary N) is 1. The number of likely N-dealkylation sites (N-methyl/N-ethyl adjacent to an activating group) is 1. The van der Waals surface area contributed by atoms with Crippen LogP contribution in [0.25, 0.3) is 0 Å². The van der Waals surface area contributed by atoms with Crippen molar-refractivity contribution >= 4 is 13.7 Å². The first-order valence-corrected chi connectivity index (χ1v) is 22.2. The third-order valence-electron chi connectivity index (χ3n) is 9.20. The first-order chi connectivity index (χ1) is 24.0. The van der Waals surface area contributed by atoms with Gasteiger partial charge in [0, 0.05) is 6.42 Å². The molecule has 3 atom stereocenters. The van der Waals surface area contributed by atoms with E-state index in [-0.39, 0.29) is 19.1 Å². The van der Waals surface area contributed by atoms with Crippen molar-refractivity contribution in [1.82, 2.24) is 5.32 Å². The van der Waals surface area contributed by atoms with Crippen molar-refractivity contribution in [2.45, 2.75) is 193 Å². The van der Waals surface area contributed by atoms with E-state index in [0.717, 1.165) is 51.4 Å². The van der Waals surface area contributed by atoms with Gasteiger partial charge in [-0.15, -0.1) is 0 Å². The van der Waals surface area contributed by atoms with Gasteiger partial charge in [-0.1, -0.05) is 154 Å². The molecule has 0 aliphatic rings. The van der Waals surface area contributed by atoms with Gasteiger partial charge < -0.3 is 19.8 Å². The summed E-state index contributed by atoms with van der Waals surface area (Å²) < 4.78 is 23.5. The molecule has 0 aliphatic carbocycles. The Kier molecular flexibility index (Phi) is 33.1. The Bertz CT molecular complexity index is 876. The maximum atomic E-state index is 12.8. The maximum Gasteiger partial charge on any atom is 0.472 e. The molecule has 0 fully saturated rings. The largest absolute Gasteiger partial charge is 0.472 e. The minimum Gasteiger partial charge on any atom is -0.391 e. The highest BCUT2D eigenvalue weighted by Crippen LogP contribution is 2.43. The van der Waals surface area contributed by atoms with Crippen molar-refractivity contribution in [3.8, 4) is 0 Å². The number of nitrogens with zero attached hydrogens (tertiary/aromatic N) is 1. The number of carbonyl (C=O) groups is 1. The van der Waals surface area contributed by atoms with Crippen molar-refractivity contribution < 1.29 is 32.9 Å². The lowest BCUT2D eigenvalue weighted by atomic mass is 10.0. The molecule has 0 aromatic heterocycles. The summed E-state index contributed by atoms with van der Waals surface area (Å²) in [6.07, 6.45) is 37.6. The minimum atomic E-state index is -4.31. The average Bonchev–Trinajstić information content (AvgIpc) is 3.06. The smallest absolute Gasteiger partial charge is 0.391 e. The summed E-state index contributed by atoms with van der Waals surface area (Å²) in [4.78, 5) is 23.1. The summed E-state index contributed by atoms with van der Waals surface area (Å²) in [5, 5.41) is 13.9. The molecular formula is C41H82N2O6P+. The van der Waals surface area contributed by atoms with Gasteiger partial charge in [0.05, 0.1) is 39.9 Å². The van der Waals surface area contributed by atoms with Crippen molar-refractivity contribution in [1.29, 1.82) is 0 Å². The zero-order valence-electron chi connectivity index (χ0n) is 33.4. The van der Waals surface area contributed by atoms with Crippen LogP contribution in [0.3, 0.4) is 0 Å². The van der Waals surface area contributed by atoms with Gasteiger partial charge in [-0.3, -0.25) is 13.8 Å². The van der Waals surface area contributed by atoms with Crippen LogP contribution in [0.15, 0.2) is 24.3 Å². The summed E-state index contributed by atoms with van der Waals surface area (Å²) in [5.74, 6) is -0.155. The Morgan fingerprint density at radius 2 is 1.14 bits per heavy atom. The number of aliphatic hydroxyl groups excluding tert-OH is 1. The molecule has 0 saturated carbocycles. The number of amides is 1. The summed E-state index contributed by atoms with van der Waals surface area (Å²) >= 11 is 0. The molecule has 0 heterocycles. The predicted octanol–water partition coefficient (Wildman–Crippen LogP) is 11.0. The lowest BCUT2D eigenvalue weighted by molar-refractivity contribution is -0.870. The second kappa shape index (κ2) is 33.8. The zero-order chi connectivity index (χ0) is 37.2. The Hall–Kier alpha value is -1.02. The molecule has 0 saturated heterocycles. The van der Waals surface area contributed by atoms with Gasteiger partial charge in [0.15, 0.2) is 0 Å². The van der Waals surface area contributed by atoms with E-state index in [1.807, 2.05) is 21.1 Å². The number of carbonyl (C=O) groups excluding carboxylic acids is 1. The van der Waals surface area contributed by atoms with E-state index >= 15 is 0 Å². The topological polar surface area (TPSA) is 105 Å². The quantitative estimate of drug-likeness (QED) is 0.0254. The van der Waals surface area contributed by atoms with E-state index in [1.54, 1.807) is 0 Å². The molecule has 1 amide bonds. The van der Waals surface area contributed by atoms with Gasteiger partial charge in [-0.05, 0) is 44.9 Å². The molecule has 8 nitrogen and oxygen atoms in total. The van der Waals surface area contributed by atoms with E-state index < -0.39 is 20.0 Å². The zero-order valence-corrected chi connectivity index (χ0v) is 34.3. The van der Waals surface area contributed by atoms with Gasteiger partial charge >= 0.3 is 7.82 Å². The van der Waals surface area contributed by atoms with Crippen LogP contribution in [-0.2, 0) is 18.4 Å². The molecule has 0 rings (SSSR count). The lowest BCUT2D eigenvalue weighted by Gasteiger charge is -2.26. The van der Waals surface area contributed by atoms with Gasteiger partial charge in [0.25, 0.3) is 0 Å². The summed E-state index contributed by atoms with van der Waals surface area (Å²) in [7, 11) is 1.61. The Morgan fingerprint density at radius 3 is 1.68 bits per heavy atom. The minimum absolute atomic E-state index is 0.0732. The van der Waals surface area contributed by atoms with Gasteiger partial charge in [0.1, 0.15) is 13.2 Å². The molecule has 0 aromatic carbocycles. The van der Waals surface area contributed by atoms with Crippen LogP contribution >= 0.6 is 7.82 Å². The van der Waals surface area contributed by atoms with Crippen LogP contribution in [0.1, 0.15) is 181 Å². The number of phosphoric acid groups is 1. The first kappa shape index (κ1) is 49.0. The molecule has 3 N–H and O–H groups in total. The molecule has 9 heteroatoms. The number of unbranched alkanes of at least 4 members (excludes halogenated alkanes) is 20. The molecule has 0 spiro atoms. The first-order valence-electron chi connectivity index (χ1n) is 20.7. The predicted molar refractivity (Wildman–Crippen MR) is 212 cm³/mol. The highest BCUT2D eigenvalue weighted by atomic mass is 31.2. The average molecular weight is 730 g/mol. The van der Waals surface area contributed by atoms with Crippen LogP contribution in [0.2, 0.25) is 0 Å². The molecule has 0 aliphatic heterocycles. The standard InChI is InChI=1S/C41H81N2O6P/c1-6-8-10-12-14-16-18-19-20-21-22-23-25-27-29-31-33-35-41(45)42-39(38-49-50(46,47)48-37-36-43(3,4)5)40(44)34-32-30-28-26-24-17-15-13-11-9-7-2/h14,16,19-20,39-40,44H,6-13,15,17-18,21-38H2,1-5H3,(H-,42,45,46,47)/p+1/b16-14-,20-19-. The summed E-state index contributed by atoms with van der Waals surface area (Å²) in [6, 6.07) is -0.760. The number of quaternary nitrogens is 1. The number of phosphoric ester groups is 1. The number of hydrogen-bond donors (Lipinski definition) is 3. The third-order valence-corrected chi connectivity index (χ3v) is 10.2. The van der Waals surface area contributed by atoms with E-state index in [1.165, 1.54) is 103 Å². The fourth-order valence-corrected chi connectivity index (χ4v) is 6.57. The number of aliphatic hydroxyl groups is 1. The van der Waals surface area contributed by atoms with Crippen molar-refractivity contribution in [3.05, 3.63) is 24.3 Å². The Morgan fingerprint density at radius 1 is 0.680 bits per heavy atom. The molecular weight excluding hydrogens is 647 g/mol. The fraction of sp³-hybridized carbons (Fsp3) is 0.878. The van der Waals surface area contributed by atoms with Crippen molar-refractivity contribution in [2.24, 2.45) is 0 Å². The molecule has 296 valence electrons. The number of rotatable bonds is 37. The van der Waals surface area contributed by atoms with Crippen LogP contribution in [0.4, 0.5) is 0 Å². The molecule has 0 aromatic rings. The fourth-order valence-electron chi connectivity index (χ4n) is 5.84. The van der Waals surface area contributed by atoms with Crippen LogP contribution in [-0.4, -0.2) is 73.4 Å². The Labute approximate surface area is 309 Å². The van der Waals surface area contributed by atoms with E-state index in [4.69, 9.17) is 9.05 Å². The highest BCUT2D eigenvalue weighted by Gasteiger charge is 2.28. The molecule has 3 unspecified atom stereocenters. The molecule has 0 radical (unpaired) electrons. The highest BCUT2D eigenvalue weighted by molar-refractivity contribution is 7.47. The van der Waals surface area contributed by atoms with E-state index in [2.05, 4.69) is 43.5 Å². The van der Waals surface area contributed by atoms with Crippen LogP contribution in [0.5, 0.6) is 0 Å². The number of hydrogen-bond acceptors (Lipinski definition) is 5. The SMILES string of the molecule is CCCCC/C=C\C/C=C\CCCCCCCCCC(=O)NC(COP(=O)(O)OCC[N+](C)(C)C)C(O)CCCCCCCCCCCCC. The Balaban J connectivity index is 4.40. The summed E-state index contributed by atoms with van der Waals surface area (Å²) in [6.45, 7) is 4.83. The number of allylic oxidation sites excluding steroid dienone is 4. The summed E-state index contributed by atoms with van der Waals surface area (Å²) in [5.41, 5.74) is 0. The second-order valence-electron chi connectivity index (χ2n) is 15.4. The molecule has 50 heavy (non-hydrogen) atoms. The van der Waals surface area contributed by atoms with Gasteiger partial charge in [-0.25, -0.2) is 4.57 Å². The second-order valence-corrected chi connectivity index (χ2v) is 16.8. The maximum absolute atomic E-state index is 12.8. The van der Waals surface area contributed by atoms with E-state index in [0.29, 0.717) is 23.9 Å². The van der Waals surface area contributed by atoms with Gasteiger partial charge in [-0.2, -0.15) is 0 Å². The normalized spacial score (nSPS) is 14.8. The van der Waals surface area contributed by atoms with Crippen molar-refractivity contribution in [2.75, 3.05) is 40.9 Å².